The van der Waals surface area contributed by atoms with Gasteiger partial charge >= 0.3 is 0 Å². The molecule has 12 N–H and O–H groups in total. The molecule has 0 atom stereocenters. The number of nitrogen functional groups attached to an aromatic ring is 2. The molecule has 0 fully saturated rings. The Balaban J connectivity index is 1.42. The van der Waals surface area contributed by atoms with Gasteiger partial charge < -0.3 is 31.9 Å². The lowest BCUT2D eigenvalue weighted by Crippen LogP contribution is -2.03. The van der Waals surface area contributed by atoms with E-state index in [4.69, 9.17) is 11.5 Å². The van der Waals surface area contributed by atoms with Gasteiger partial charge in [0.15, 0.2) is 11.5 Å². The third-order valence-electron chi connectivity index (χ3n) is 8.49. The SMILES string of the molecule is Nc1cc(S(=O)(=O)O)cc2cc(S(=O)(=O)O)c(N=Nc3cc(S(=O)(=O)c4ccc(O)c(N=Nc5c(S(=O)(=O)O)cc6cc(S(=O)(=O)O)cc(N)c6c5O)c4)ccc3O)c(O)c12. The number of nitrogens with zero attached hydrogens (tertiary/aromatic N) is 4. The lowest BCUT2D eigenvalue weighted by Gasteiger charge is -2.12. The number of hydrogen-bond acceptors (Lipinski definition) is 20. The zero-order valence-electron chi connectivity index (χ0n) is 29.6. The average Bonchev–Trinajstić information content (AvgIpc) is 3.12. The molecule has 0 aliphatic rings. The van der Waals surface area contributed by atoms with Gasteiger partial charge in [0.05, 0.1) is 19.6 Å². The van der Waals surface area contributed by atoms with E-state index >= 15 is 0 Å². The summed E-state index contributed by atoms with van der Waals surface area (Å²) in [5.74, 6) is -3.71. The largest absolute Gasteiger partial charge is 0.506 e. The Kier molecular flexibility index (Phi) is 10.7. The van der Waals surface area contributed by atoms with Gasteiger partial charge in [-0.05, 0) is 83.6 Å². The third-order valence-corrected chi connectivity index (χ3v) is 13.6. The molecular weight excluding hydrogens is 917 g/mol. The predicted octanol–water partition coefficient (Wildman–Crippen LogP) is 4.63. The van der Waals surface area contributed by atoms with Crippen LogP contribution in [-0.2, 0) is 50.3 Å². The highest BCUT2D eigenvalue weighted by atomic mass is 32.2. The Morgan fingerprint density at radius 1 is 0.410 bits per heavy atom. The molecule has 0 amide bonds. The number of benzene rings is 6. The molecule has 6 rings (SSSR count). The third kappa shape index (κ3) is 8.44. The van der Waals surface area contributed by atoms with Gasteiger partial charge in [0.1, 0.15) is 44.0 Å². The van der Waals surface area contributed by atoms with Crippen molar-refractivity contribution in [3.8, 4) is 23.0 Å². The summed E-state index contributed by atoms with van der Waals surface area (Å²) in [5.41, 5.74) is 7.26. The Labute approximate surface area is 342 Å². The minimum Gasteiger partial charge on any atom is -0.506 e. The Bertz CT molecular complexity index is 3330. The molecule has 61 heavy (non-hydrogen) atoms. The van der Waals surface area contributed by atoms with Crippen molar-refractivity contribution in [3.63, 3.8) is 0 Å². The van der Waals surface area contributed by atoms with E-state index < -0.39 is 158 Å². The number of hydrogen-bond donors (Lipinski definition) is 10. The summed E-state index contributed by atoms with van der Waals surface area (Å²) in [6, 6.07) is 8.92. The van der Waals surface area contributed by atoms with Crippen LogP contribution in [0.4, 0.5) is 34.1 Å². The van der Waals surface area contributed by atoms with Crippen LogP contribution in [0.3, 0.4) is 0 Å². The van der Waals surface area contributed by atoms with Crippen molar-refractivity contribution < 1.29 is 80.7 Å². The Morgan fingerprint density at radius 2 is 0.754 bits per heavy atom. The first-order valence-electron chi connectivity index (χ1n) is 15.8. The quantitative estimate of drug-likeness (QED) is 0.0508. The standard InChI is InChI=1S/C32H24N6O18S5/c33-19-9-17(58(45,46)47)5-13-7-25(60(51,52)53)29(31(41)27(13)19)37-35-21-11-15(1-3-23(21)39)57(43,44)16-2-4-24(40)22(12-16)36-38-30-26(61(54,55)56)8-14-6-18(59(48,49)50)10-20(34)28(14)32(30)42/h1-12,39-42H,33-34H2,(H,45,46,47)(H,48,49,50)(H,51,52,53)(H,54,55,56). The number of phenols is 4. The van der Waals surface area contributed by atoms with Crippen LogP contribution in [0.5, 0.6) is 23.0 Å². The molecule has 0 spiro atoms. The zero-order chi connectivity index (χ0) is 45.4. The van der Waals surface area contributed by atoms with E-state index in [9.17, 15) is 80.7 Å². The molecule has 0 saturated carbocycles. The van der Waals surface area contributed by atoms with E-state index in [2.05, 4.69) is 20.5 Å². The van der Waals surface area contributed by atoms with Gasteiger partial charge in [0, 0.05) is 22.1 Å². The monoisotopic (exact) mass is 940 g/mol. The first kappa shape index (κ1) is 44.0. The number of nitrogens with two attached hydrogens (primary N) is 2. The highest BCUT2D eigenvalue weighted by Gasteiger charge is 2.28. The molecule has 6 aromatic carbocycles. The van der Waals surface area contributed by atoms with Crippen molar-refractivity contribution in [3.05, 3.63) is 72.8 Å². The summed E-state index contributed by atoms with van der Waals surface area (Å²) in [6.07, 6.45) is 0. The van der Waals surface area contributed by atoms with Crippen molar-refractivity contribution in [2.45, 2.75) is 29.4 Å². The van der Waals surface area contributed by atoms with Crippen molar-refractivity contribution in [2.75, 3.05) is 11.5 Å². The molecular formula is C32H24N6O18S5. The van der Waals surface area contributed by atoms with Gasteiger partial charge in [-0.1, -0.05) is 0 Å². The van der Waals surface area contributed by atoms with Crippen LogP contribution in [0.25, 0.3) is 21.5 Å². The number of phenolic OH excluding ortho intramolecular Hbond substituents is 4. The molecule has 0 unspecified atom stereocenters. The topological polar surface area (TPSA) is 434 Å². The van der Waals surface area contributed by atoms with Crippen molar-refractivity contribution >= 4 is 106 Å². The molecule has 0 aliphatic heterocycles. The van der Waals surface area contributed by atoms with E-state index in [-0.39, 0.29) is 0 Å². The fourth-order valence-electron chi connectivity index (χ4n) is 5.71. The summed E-state index contributed by atoms with van der Waals surface area (Å²) in [6.45, 7) is 0. The van der Waals surface area contributed by atoms with E-state index in [0.29, 0.717) is 36.4 Å². The Morgan fingerprint density at radius 3 is 1.07 bits per heavy atom. The number of sulfone groups is 1. The number of azo groups is 2. The molecule has 0 aliphatic carbocycles. The van der Waals surface area contributed by atoms with Crippen molar-refractivity contribution in [1.82, 2.24) is 0 Å². The second kappa shape index (κ2) is 14.9. The first-order chi connectivity index (χ1) is 28.0. The van der Waals surface area contributed by atoms with Gasteiger partial charge in [0.25, 0.3) is 40.5 Å². The van der Waals surface area contributed by atoms with Crippen molar-refractivity contribution in [1.29, 1.82) is 0 Å². The lowest BCUT2D eigenvalue weighted by atomic mass is 10.1. The van der Waals surface area contributed by atoms with E-state index in [1.54, 1.807) is 0 Å². The molecule has 0 aromatic heterocycles. The molecule has 0 heterocycles. The average molecular weight is 941 g/mol. The Hall–Kier alpha value is -6.57. The molecule has 0 radical (unpaired) electrons. The van der Waals surface area contributed by atoms with Crippen LogP contribution < -0.4 is 11.5 Å². The predicted molar refractivity (Wildman–Crippen MR) is 209 cm³/mol. The van der Waals surface area contributed by atoms with Crippen LogP contribution in [0, 0.1) is 0 Å². The molecule has 320 valence electrons. The van der Waals surface area contributed by atoms with Crippen LogP contribution in [-0.4, -0.2) is 80.7 Å². The van der Waals surface area contributed by atoms with Gasteiger partial charge in [-0.2, -0.15) is 33.7 Å². The molecule has 6 aromatic rings. The van der Waals surface area contributed by atoms with Gasteiger partial charge in [-0.25, -0.2) is 8.42 Å². The molecule has 0 saturated heterocycles. The summed E-state index contributed by atoms with van der Waals surface area (Å²) < 4.78 is 162. The van der Waals surface area contributed by atoms with Crippen LogP contribution in [0.1, 0.15) is 0 Å². The number of anilines is 2. The smallest absolute Gasteiger partial charge is 0.296 e. The lowest BCUT2D eigenvalue weighted by molar-refractivity contribution is 0.471. The molecule has 29 heteroatoms. The molecule has 24 nitrogen and oxygen atoms in total. The second-order valence-corrected chi connectivity index (χ2v) is 20.0. The summed E-state index contributed by atoms with van der Waals surface area (Å²) in [5, 5.41) is 55.7. The normalized spacial score (nSPS) is 13.2. The highest BCUT2D eigenvalue weighted by molar-refractivity contribution is 7.91. The maximum Gasteiger partial charge on any atom is 0.296 e. The number of aromatic hydroxyl groups is 4. The fourth-order valence-corrected chi connectivity index (χ4v) is 9.43. The fraction of sp³-hybridized carbons (Fsp3) is 0. The summed E-state index contributed by atoms with van der Waals surface area (Å²) in [7, 11) is -25.1. The minimum atomic E-state index is -5.30. The second-order valence-electron chi connectivity index (χ2n) is 12.5. The number of rotatable bonds is 10. The maximum absolute atomic E-state index is 13.8. The van der Waals surface area contributed by atoms with Gasteiger partial charge in [0.2, 0.25) is 9.84 Å². The highest BCUT2D eigenvalue weighted by Crippen LogP contribution is 2.47. The van der Waals surface area contributed by atoms with Crippen LogP contribution >= 0.6 is 0 Å². The van der Waals surface area contributed by atoms with Crippen LogP contribution in [0.15, 0.2) is 123 Å². The summed E-state index contributed by atoms with van der Waals surface area (Å²) in [4.78, 5) is -5.26. The van der Waals surface area contributed by atoms with Gasteiger partial charge in [-0.15, -0.1) is 20.5 Å². The van der Waals surface area contributed by atoms with Crippen molar-refractivity contribution in [2.24, 2.45) is 20.5 Å². The van der Waals surface area contributed by atoms with E-state index in [0.717, 1.165) is 36.4 Å². The maximum atomic E-state index is 13.8. The van der Waals surface area contributed by atoms with Gasteiger partial charge in [-0.3, -0.25) is 18.2 Å². The summed E-state index contributed by atoms with van der Waals surface area (Å²) >= 11 is 0. The van der Waals surface area contributed by atoms with Crippen LogP contribution in [0.2, 0.25) is 0 Å². The molecule has 0 bridgehead atoms. The minimum absolute atomic E-state index is 0.407. The first-order valence-corrected chi connectivity index (χ1v) is 23.1. The van der Waals surface area contributed by atoms with E-state index in [1.807, 2.05) is 0 Å². The zero-order valence-corrected chi connectivity index (χ0v) is 33.7. The van der Waals surface area contributed by atoms with E-state index in [1.165, 1.54) is 0 Å². The number of fused-ring (bicyclic) bond motifs is 2.